The summed E-state index contributed by atoms with van der Waals surface area (Å²) in [6, 6.07) is 13.1. The van der Waals surface area contributed by atoms with Crippen molar-refractivity contribution in [1.82, 2.24) is 4.98 Å². The summed E-state index contributed by atoms with van der Waals surface area (Å²) in [6.45, 7) is 6.01. The highest BCUT2D eigenvalue weighted by atomic mass is 16.5. The molecular formula is C23H25N3O3. The summed E-state index contributed by atoms with van der Waals surface area (Å²) in [5, 5.41) is 6.21. The van der Waals surface area contributed by atoms with Crippen molar-refractivity contribution in [1.29, 1.82) is 0 Å². The number of pyridine rings is 1. The van der Waals surface area contributed by atoms with E-state index in [-0.39, 0.29) is 5.91 Å². The second-order valence-electron chi connectivity index (χ2n) is 6.85. The van der Waals surface area contributed by atoms with E-state index in [0.29, 0.717) is 17.2 Å². The number of ether oxygens (including phenoxy) is 2. The Bertz CT molecular complexity index is 1010. The fourth-order valence-electron chi connectivity index (χ4n) is 3.21. The third kappa shape index (κ3) is 4.66. The second kappa shape index (κ2) is 8.65. The van der Waals surface area contributed by atoms with E-state index in [9.17, 15) is 4.79 Å². The molecule has 0 saturated carbocycles. The van der Waals surface area contributed by atoms with Crippen LogP contribution < -0.4 is 20.1 Å². The molecule has 0 atom stereocenters. The third-order valence-electron chi connectivity index (χ3n) is 4.60. The first-order chi connectivity index (χ1) is 13.9. The zero-order valence-electron chi connectivity index (χ0n) is 17.3. The van der Waals surface area contributed by atoms with Crippen LogP contribution in [0.15, 0.2) is 48.7 Å². The van der Waals surface area contributed by atoms with Crippen molar-refractivity contribution in [2.45, 2.75) is 20.8 Å². The molecule has 0 aliphatic rings. The lowest BCUT2D eigenvalue weighted by atomic mass is 10.0. The maximum atomic E-state index is 12.6. The molecule has 0 fully saturated rings. The zero-order valence-corrected chi connectivity index (χ0v) is 17.3. The predicted molar refractivity (Wildman–Crippen MR) is 116 cm³/mol. The molecule has 0 aliphatic heterocycles. The Labute approximate surface area is 170 Å². The van der Waals surface area contributed by atoms with Crippen LogP contribution in [0.3, 0.4) is 0 Å². The van der Waals surface area contributed by atoms with Crippen molar-refractivity contribution in [3.05, 3.63) is 71.0 Å². The Hall–Kier alpha value is -3.54. The van der Waals surface area contributed by atoms with E-state index in [0.717, 1.165) is 28.2 Å². The summed E-state index contributed by atoms with van der Waals surface area (Å²) < 4.78 is 10.6. The molecule has 2 N–H and O–H groups in total. The zero-order chi connectivity index (χ0) is 21.0. The Kier molecular flexibility index (Phi) is 6.02. The fourth-order valence-corrected chi connectivity index (χ4v) is 3.21. The molecule has 0 spiro atoms. The predicted octanol–water partition coefficient (Wildman–Crippen LogP) is 5.02. The maximum absolute atomic E-state index is 12.6. The monoisotopic (exact) mass is 391 g/mol. The summed E-state index contributed by atoms with van der Waals surface area (Å²) in [5.74, 6) is 1.12. The molecule has 3 aromatic rings. The van der Waals surface area contributed by atoms with Crippen LogP contribution in [0.4, 0.5) is 17.1 Å². The summed E-state index contributed by atoms with van der Waals surface area (Å²) in [5.41, 5.74) is 5.91. The SMILES string of the molecule is COc1ccc(Nc2ccc(C(=O)Nc3c(C)cc(C)cc3C)nc2)c(OC)c1. The van der Waals surface area contributed by atoms with Gasteiger partial charge in [0.05, 0.1) is 31.8 Å². The number of hydrogen-bond acceptors (Lipinski definition) is 5. The van der Waals surface area contributed by atoms with Gasteiger partial charge in [0.2, 0.25) is 0 Å². The Morgan fingerprint density at radius 2 is 1.66 bits per heavy atom. The standard InChI is InChI=1S/C23H25N3O3/c1-14-10-15(2)22(16(3)11-14)26-23(27)20-8-6-17(13-24-20)25-19-9-7-18(28-4)12-21(19)29-5/h6-13,25H,1-5H3,(H,26,27). The first-order valence-corrected chi connectivity index (χ1v) is 9.25. The molecular weight excluding hydrogens is 366 g/mol. The molecule has 0 radical (unpaired) electrons. The first-order valence-electron chi connectivity index (χ1n) is 9.25. The molecule has 1 aromatic heterocycles. The Morgan fingerprint density at radius 1 is 0.931 bits per heavy atom. The van der Waals surface area contributed by atoms with Crippen molar-refractivity contribution in [3.63, 3.8) is 0 Å². The van der Waals surface area contributed by atoms with E-state index in [1.807, 2.05) is 45.0 Å². The molecule has 1 amide bonds. The van der Waals surface area contributed by atoms with Gasteiger partial charge in [0.1, 0.15) is 17.2 Å². The molecule has 2 aromatic carbocycles. The number of nitrogens with one attached hydrogen (secondary N) is 2. The van der Waals surface area contributed by atoms with Gasteiger partial charge in [0.15, 0.2) is 0 Å². The van der Waals surface area contributed by atoms with Crippen LogP contribution in [0.25, 0.3) is 0 Å². The molecule has 0 bridgehead atoms. The van der Waals surface area contributed by atoms with Gasteiger partial charge < -0.3 is 20.1 Å². The fraction of sp³-hybridized carbons (Fsp3) is 0.217. The molecule has 3 rings (SSSR count). The van der Waals surface area contributed by atoms with Gasteiger partial charge in [-0.15, -0.1) is 0 Å². The van der Waals surface area contributed by atoms with Gasteiger partial charge in [-0.25, -0.2) is 4.98 Å². The van der Waals surface area contributed by atoms with Gasteiger partial charge in [0, 0.05) is 11.8 Å². The summed E-state index contributed by atoms with van der Waals surface area (Å²) >= 11 is 0. The highest BCUT2D eigenvalue weighted by molar-refractivity contribution is 6.03. The lowest BCUT2D eigenvalue weighted by molar-refractivity contribution is 0.102. The number of amides is 1. The number of rotatable bonds is 6. The van der Waals surface area contributed by atoms with Gasteiger partial charge >= 0.3 is 0 Å². The number of benzene rings is 2. The van der Waals surface area contributed by atoms with Crippen molar-refractivity contribution in [2.75, 3.05) is 24.9 Å². The molecule has 0 aliphatic carbocycles. The van der Waals surface area contributed by atoms with Crippen molar-refractivity contribution in [2.24, 2.45) is 0 Å². The minimum atomic E-state index is -0.242. The normalized spacial score (nSPS) is 10.4. The third-order valence-corrected chi connectivity index (χ3v) is 4.60. The number of carbonyl (C=O) groups is 1. The van der Waals surface area contributed by atoms with Crippen LogP contribution in [0.1, 0.15) is 27.2 Å². The second-order valence-corrected chi connectivity index (χ2v) is 6.85. The number of anilines is 3. The molecule has 29 heavy (non-hydrogen) atoms. The van der Waals surface area contributed by atoms with E-state index in [2.05, 4.69) is 15.6 Å². The molecule has 150 valence electrons. The Morgan fingerprint density at radius 3 is 2.24 bits per heavy atom. The van der Waals surface area contributed by atoms with E-state index in [4.69, 9.17) is 9.47 Å². The lowest BCUT2D eigenvalue weighted by Gasteiger charge is -2.14. The smallest absolute Gasteiger partial charge is 0.274 e. The van der Waals surface area contributed by atoms with Crippen LogP contribution >= 0.6 is 0 Å². The summed E-state index contributed by atoms with van der Waals surface area (Å²) in [6.07, 6.45) is 1.62. The number of carbonyl (C=O) groups excluding carboxylic acids is 1. The van der Waals surface area contributed by atoms with Crippen LogP contribution in [0.5, 0.6) is 11.5 Å². The van der Waals surface area contributed by atoms with Crippen LogP contribution in [-0.4, -0.2) is 25.1 Å². The highest BCUT2D eigenvalue weighted by Gasteiger charge is 2.12. The van der Waals surface area contributed by atoms with Crippen LogP contribution in [0, 0.1) is 20.8 Å². The van der Waals surface area contributed by atoms with E-state index >= 15 is 0 Å². The van der Waals surface area contributed by atoms with Gasteiger partial charge in [-0.1, -0.05) is 17.7 Å². The maximum Gasteiger partial charge on any atom is 0.274 e. The lowest BCUT2D eigenvalue weighted by Crippen LogP contribution is -2.15. The van der Waals surface area contributed by atoms with E-state index in [1.54, 1.807) is 38.6 Å². The molecule has 1 heterocycles. The van der Waals surface area contributed by atoms with Crippen LogP contribution in [-0.2, 0) is 0 Å². The largest absolute Gasteiger partial charge is 0.497 e. The summed E-state index contributed by atoms with van der Waals surface area (Å²) in [7, 11) is 3.20. The van der Waals surface area contributed by atoms with E-state index < -0.39 is 0 Å². The van der Waals surface area contributed by atoms with Crippen LogP contribution in [0.2, 0.25) is 0 Å². The first kappa shape index (κ1) is 20.2. The topological polar surface area (TPSA) is 72.5 Å². The number of nitrogens with zero attached hydrogens (tertiary/aromatic N) is 1. The highest BCUT2D eigenvalue weighted by Crippen LogP contribution is 2.31. The Balaban J connectivity index is 1.74. The molecule has 6 nitrogen and oxygen atoms in total. The van der Waals surface area contributed by atoms with Crippen molar-refractivity contribution < 1.29 is 14.3 Å². The van der Waals surface area contributed by atoms with Crippen molar-refractivity contribution in [3.8, 4) is 11.5 Å². The number of aromatic nitrogens is 1. The average Bonchev–Trinajstić information content (AvgIpc) is 2.71. The molecule has 0 unspecified atom stereocenters. The summed E-state index contributed by atoms with van der Waals surface area (Å²) in [4.78, 5) is 16.9. The quantitative estimate of drug-likeness (QED) is 0.617. The van der Waals surface area contributed by atoms with Crippen molar-refractivity contribution >= 4 is 23.0 Å². The molecule has 6 heteroatoms. The number of methoxy groups -OCH3 is 2. The van der Waals surface area contributed by atoms with Gasteiger partial charge in [-0.3, -0.25) is 4.79 Å². The minimum absolute atomic E-state index is 0.242. The van der Waals surface area contributed by atoms with Gasteiger partial charge in [0.25, 0.3) is 5.91 Å². The molecule has 0 saturated heterocycles. The number of hydrogen-bond donors (Lipinski definition) is 2. The van der Waals surface area contributed by atoms with Gasteiger partial charge in [-0.2, -0.15) is 0 Å². The van der Waals surface area contributed by atoms with E-state index in [1.165, 1.54) is 5.56 Å². The average molecular weight is 391 g/mol. The number of aryl methyl sites for hydroxylation is 3. The van der Waals surface area contributed by atoms with Gasteiger partial charge in [-0.05, 0) is 56.2 Å². The minimum Gasteiger partial charge on any atom is -0.497 e.